The molecule has 0 spiro atoms. The Kier molecular flexibility index (Phi) is 12.1. The molecule has 1 aromatic heterocycles. The normalized spacial score (nSPS) is 18.4. The average Bonchev–Trinajstić information content (AvgIpc) is 2.79. The second-order valence-corrected chi connectivity index (χ2v) is 9.22. The van der Waals surface area contributed by atoms with E-state index in [1.165, 1.54) is 0 Å². The largest absolute Gasteiger partial charge is 0.386 e. The Morgan fingerprint density at radius 3 is 2.60 bits per heavy atom. The minimum absolute atomic E-state index is 0. The Balaban J connectivity index is 0.00000306. The molecule has 1 aromatic carbocycles. The SMILES string of the molecule is COCC(N)=N[C@@H]1CCCC[C@@H]1Nc1nc(C(=O)NCC(C)(C)OC)nc2ccc(C)cc12.Cl.Cl. The highest BCUT2D eigenvalue weighted by Crippen LogP contribution is 2.28. The highest BCUT2D eigenvalue weighted by molar-refractivity contribution is 5.96. The van der Waals surface area contributed by atoms with E-state index in [2.05, 4.69) is 20.6 Å². The molecule has 35 heavy (non-hydrogen) atoms. The number of carbonyl (C=O) groups is 1. The number of fused-ring (bicyclic) bond motifs is 1. The van der Waals surface area contributed by atoms with Crippen LogP contribution in [0.1, 0.15) is 55.7 Å². The molecule has 0 aliphatic heterocycles. The summed E-state index contributed by atoms with van der Waals surface area (Å²) in [7, 11) is 3.22. The van der Waals surface area contributed by atoms with Crippen LogP contribution in [0.15, 0.2) is 23.2 Å². The van der Waals surface area contributed by atoms with Gasteiger partial charge in [0.1, 0.15) is 18.3 Å². The van der Waals surface area contributed by atoms with Gasteiger partial charge in [-0.25, -0.2) is 9.97 Å². The molecule has 1 heterocycles. The maximum absolute atomic E-state index is 12.9. The van der Waals surface area contributed by atoms with Gasteiger partial charge in [0, 0.05) is 32.2 Å². The molecule has 0 bridgehead atoms. The number of nitrogens with one attached hydrogen (secondary N) is 2. The average molecular weight is 530 g/mol. The van der Waals surface area contributed by atoms with Crippen molar-refractivity contribution < 1.29 is 14.3 Å². The second-order valence-electron chi connectivity index (χ2n) is 9.22. The molecule has 11 heteroatoms. The van der Waals surface area contributed by atoms with Gasteiger partial charge in [-0.2, -0.15) is 0 Å². The zero-order chi connectivity index (χ0) is 24.0. The highest BCUT2D eigenvalue weighted by atomic mass is 35.5. The summed E-state index contributed by atoms with van der Waals surface area (Å²) in [5.41, 5.74) is 7.35. The van der Waals surface area contributed by atoms with Crippen molar-refractivity contribution in [2.75, 3.05) is 32.7 Å². The van der Waals surface area contributed by atoms with Crippen LogP contribution in [0.25, 0.3) is 10.9 Å². The van der Waals surface area contributed by atoms with Crippen LogP contribution in [-0.4, -0.2) is 66.8 Å². The first-order chi connectivity index (χ1) is 15.7. The van der Waals surface area contributed by atoms with Crippen molar-refractivity contribution in [3.8, 4) is 0 Å². The van der Waals surface area contributed by atoms with E-state index in [9.17, 15) is 4.79 Å². The fraction of sp³-hybridized carbons (Fsp3) is 0.583. The predicted molar refractivity (Wildman–Crippen MR) is 145 cm³/mol. The van der Waals surface area contributed by atoms with Crippen molar-refractivity contribution in [3.05, 3.63) is 29.6 Å². The molecule has 1 amide bonds. The van der Waals surface area contributed by atoms with Crippen molar-refractivity contribution in [3.63, 3.8) is 0 Å². The maximum Gasteiger partial charge on any atom is 0.289 e. The van der Waals surface area contributed by atoms with E-state index in [0.29, 0.717) is 30.3 Å². The smallest absolute Gasteiger partial charge is 0.289 e. The first kappa shape index (κ1) is 30.8. The Bertz CT molecular complexity index is 1020. The van der Waals surface area contributed by atoms with Gasteiger partial charge in [0.2, 0.25) is 5.82 Å². The number of methoxy groups -OCH3 is 2. The monoisotopic (exact) mass is 528 g/mol. The molecule has 9 nitrogen and oxygen atoms in total. The number of rotatable bonds is 9. The third-order valence-electron chi connectivity index (χ3n) is 5.96. The summed E-state index contributed by atoms with van der Waals surface area (Å²) in [5, 5.41) is 7.32. The number of aromatic nitrogens is 2. The van der Waals surface area contributed by atoms with E-state index in [4.69, 9.17) is 20.2 Å². The van der Waals surface area contributed by atoms with Crippen LogP contribution < -0.4 is 16.4 Å². The number of carbonyl (C=O) groups excluding carboxylic acids is 1. The number of hydrogen-bond donors (Lipinski definition) is 3. The number of aryl methyl sites for hydroxylation is 1. The van der Waals surface area contributed by atoms with Gasteiger partial charge in [0.25, 0.3) is 5.91 Å². The van der Waals surface area contributed by atoms with E-state index >= 15 is 0 Å². The molecular weight excluding hydrogens is 491 g/mol. The minimum Gasteiger partial charge on any atom is -0.386 e. The molecule has 3 rings (SSSR count). The fourth-order valence-corrected chi connectivity index (χ4v) is 3.91. The summed E-state index contributed by atoms with van der Waals surface area (Å²) in [6.45, 7) is 6.49. The van der Waals surface area contributed by atoms with Gasteiger partial charge in [-0.1, -0.05) is 24.5 Å². The first-order valence-electron chi connectivity index (χ1n) is 11.4. The third kappa shape index (κ3) is 8.45. The summed E-state index contributed by atoms with van der Waals surface area (Å²) in [4.78, 5) is 26.7. The lowest BCUT2D eigenvalue weighted by Gasteiger charge is -2.30. The van der Waals surface area contributed by atoms with Gasteiger partial charge >= 0.3 is 0 Å². The lowest BCUT2D eigenvalue weighted by atomic mass is 9.90. The molecule has 1 aliphatic carbocycles. The van der Waals surface area contributed by atoms with Crippen LogP contribution in [0.4, 0.5) is 5.82 Å². The van der Waals surface area contributed by atoms with Crippen LogP contribution in [0, 0.1) is 6.92 Å². The number of amides is 1. The Labute approximate surface area is 219 Å². The maximum atomic E-state index is 12.9. The van der Waals surface area contributed by atoms with Crippen LogP contribution in [0.3, 0.4) is 0 Å². The number of benzene rings is 1. The zero-order valence-electron chi connectivity index (χ0n) is 21.1. The van der Waals surface area contributed by atoms with Crippen LogP contribution >= 0.6 is 24.8 Å². The molecule has 0 radical (unpaired) electrons. The molecule has 4 N–H and O–H groups in total. The zero-order valence-corrected chi connectivity index (χ0v) is 22.7. The summed E-state index contributed by atoms with van der Waals surface area (Å²) in [6, 6.07) is 6.00. The molecule has 2 atom stereocenters. The van der Waals surface area contributed by atoms with E-state index in [0.717, 1.165) is 36.6 Å². The first-order valence-corrected chi connectivity index (χ1v) is 11.4. The van der Waals surface area contributed by atoms with Gasteiger partial charge in [0.15, 0.2) is 0 Å². The Morgan fingerprint density at radius 2 is 1.91 bits per heavy atom. The molecular formula is C24H38Cl2N6O3. The van der Waals surface area contributed by atoms with E-state index in [-0.39, 0.29) is 48.6 Å². The van der Waals surface area contributed by atoms with Gasteiger partial charge in [-0.05, 0) is 45.7 Å². The highest BCUT2D eigenvalue weighted by Gasteiger charge is 2.27. The Hall–Kier alpha value is -2.20. The number of ether oxygens (including phenoxy) is 2. The van der Waals surface area contributed by atoms with Crippen molar-refractivity contribution in [1.82, 2.24) is 15.3 Å². The van der Waals surface area contributed by atoms with Crippen molar-refractivity contribution >= 4 is 53.3 Å². The number of amidine groups is 1. The fourth-order valence-electron chi connectivity index (χ4n) is 3.91. The molecule has 1 aliphatic rings. The summed E-state index contributed by atoms with van der Waals surface area (Å²) in [5.74, 6) is 0.904. The predicted octanol–water partition coefficient (Wildman–Crippen LogP) is 3.66. The van der Waals surface area contributed by atoms with Crippen molar-refractivity contribution in [1.29, 1.82) is 0 Å². The Morgan fingerprint density at radius 1 is 1.20 bits per heavy atom. The summed E-state index contributed by atoms with van der Waals surface area (Å²) < 4.78 is 10.5. The van der Waals surface area contributed by atoms with Crippen LogP contribution in [0.5, 0.6) is 0 Å². The number of hydrogen-bond acceptors (Lipinski definition) is 7. The number of halogens is 2. The number of aliphatic imine (C=N–C) groups is 1. The van der Waals surface area contributed by atoms with Gasteiger partial charge in [0.05, 0.1) is 17.2 Å². The lowest BCUT2D eigenvalue weighted by molar-refractivity contribution is 0.0227. The van der Waals surface area contributed by atoms with Crippen LogP contribution in [-0.2, 0) is 9.47 Å². The van der Waals surface area contributed by atoms with Gasteiger partial charge < -0.3 is 25.8 Å². The number of nitrogens with zero attached hydrogens (tertiary/aromatic N) is 3. The topological polar surface area (TPSA) is 124 Å². The molecule has 196 valence electrons. The summed E-state index contributed by atoms with van der Waals surface area (Å²) >= 11 is 0. The van der Waals surface area contributed by atoms with Gasteiger partial charge in [-0.3, -0.25) is 9.79 Å². The van der Waals surface area contributed by atoms with Crippen molar-refractivity contribution in [2.45, 2.75) is 64.1 Å². The second kappa shape index (κ2) is 13.8. The summed E-state index contributed by atoms with van der Waals surface area (Å²) in [6.07, 6.45) is 4.06. The number of anilines is 1. The van der Waals surface area contributed by atoms with E-state index < -0.39 is 5.60 Å². The molecule has 0 saturated heterocycles. The lowest BCUT2D eigenvalue weighted by Crippen LogP contribution is -2.40. The quantitative estimate of drug-likeness (QED) is 0.335. The third-order valence-corrected chi connectivity index (χ3v) is 5.96. The molecule has 1 saturated carbocycles. The minimum atomic E-state index is -0.486. The van der Waals surface area contributed by atoms with E-state index in [1.807, 2.05) is 39.0 Å². The molecule has 0 unspecified atom stereocenters. The standard InChI is InChI=1S/C24H36N6O3.2ClH/c1-15-10-11-17-16(12-15)21(30-22(28-17)23(31)26-14-24(2,3)33-5)29-19-9-7-6-8-18(19)27-20(25)13-32-4;;/h10-12,18-19H,6-9,13-14H2,1-5H3,(H2,25,27)(H,26,31)(H,28,29,30);2*1H/t18-,19+;;/m1../s1. The van der Waals surface area contributed by atoms with Crippen LogP contribution in [0.2, 0.25) is 0 Å². The molecule has 1 fully saturated rings. The van der Waals surface area contributed by atoms with Gasteiger partial charge in [-0.15, -0.1) is 24.8 Å². The number of nitrogens with two attached hydrogens (primary N) is 1. The van der Waals surface area contributed by atoms with E-state index in [1.54, 1.807) is 14.2 Å². The molecule has 2 aromatic rings. The van der Waals surface area contributed by atoms with Crippen molar-refractivity contribution in [2.24, 2.45) is 10.7 Å².